The number of nitrogens with zero attached hydrogens (tertiary/aromatic N) is 2. The van der Waals surface area contributed by atoms with E-state index in [0.29, 0.717) is 13.2 Å². The van der Waals surface area contributed by atoms with Gasteiger partial charge in [0.1, 0.15) is 6.07 Å². The van der Waals surface area contributed by atoms with Gasteiger partial charge < -0.3 is 4.74 Å². The Morgan fingerprint density at radius 3 is 2.96 bits per heavy atom. The zero-order valence-electron chi connectivity index (χ0n) is 13.0. The van der Waals surface area contributed by atoms with E-state index in [-0.39, 0.29) is 21.5 Å². The summed E-state index contributed by atoms with van der Waals surface area (Å²) in [6, 6.07) is 5.91. The van der Waals surface area contributed by atoms with Crippen LogP contribution < -0.4 is 4.72 Å². The molecule has 1 fully saturated rings. The summed E-state index contributed by atoms with van der Waals surface area (Å²) in [5.74, 6) is 0. The first-order valence-corrected chi connectivity index (χ1v) is 9.25. The fourth-order valence-electron chi connectivity index (χ4n) is 2.62. The summed E-state index contributed by atoms with van der Waals surface area (Å²) in [4.78, 5) is 2.27. The molecular weight excluding hydrogens is 338 g/mol. The number of nitrogens with one attached hydrogen (secondary N) is 1. The van der Waals surface area contributed by atoms with Crippen molar-refractivity contribution in [3.8, 4) is 6.07 Å². The molecule has 1 aromatic rings. The van der Waals surface area contributed by atoms with E-state index in [4.69, 9.17) is 21.6 Å². The van der Waals surface area contributed by atoms with Crippen LogP contribution in [0.5, 0.6) is 0 Å². The first-order valence-electron chi connectivity index (χ1n) is 7.39. The molecule has 0 unspecified atom stereocenters. The topological polar surface area (TPSA) is 82.4 Å². The Balaban J connectivity index is 2.06. The molecule has 0 amide bonds. The van der Waals surface area contributed by atoms with Crippen molar-refractivity contribution in [3.63, 3.8) is 0 Å². The lowest BCUT2D eigenvalue weighted by Gasteiger charge is -2.32. The van der Waals surface area contributed by atoms with Gasteiger partial charge in [-0.05, 0) is 37.6 Å². The molecule has 6 nitrogen and oxygen atoms in total. The van der Waals surface area contributed by atoms with Crippen molar-refractivity contribution in [2.45, 2.75) is 23.8 Å². The van der Waals surface area contributed by atoms with Crippen molar-refractivity contribution in [2.75, 3.05) is 33.4 Å². The molecule has 0 aliphatic carbocycles. The molecule has 0 saturated carbocycles. The third-order valence-corrected chi connectivity index (χ3v) is 5.64. The summed E-state index contributed by atoms with van der Waals surface area (Å²) in [6.07, 6.45) is 1.73. The minimum atomic E-state index is -3.65. The minimum absolute atomic E-state index is 0.0792. The molecule has 1 aromatic carbocycles. The van der Waals surface area contributed by atoms with Gasteiger partial charge in [-0.25, -0.2) is 13.1 Å². The zero-order chi connectivity index (χ0) is 16.9. The van der Waals surface area contributed by atoms with Crippen LogP contribution in [0.4, 0.5) is 0 Å². The van der Waals surface area contributed by atoms with Crippen molar-refractivity contribution >= 4 is 21.6 Å². The van der Waals surface area contributed by atoms with Crippen LogP contribution in [0.1, 0.15) is 18.4 Å². The van der Waals surface area contributed by atoms with Crippen LogP contribution >= 0.6 is 11.6 Å². The number of nitriles is 1. The second-order valence-corrected chi connectivity index (χ2v) is 7.63. The van der Waals surface area contributed by atoms with Gasteiger partial charge >= 0.3 is 0 Å². The van der Waals surface area contributed by atoms with Gasteiger partial charge in [0.05, 0.1) is 22.1 Å². The summed E-state index contributed by atoms with van der Waals surface area (Å²) in [5.41, 5.74) is 0.258. The van der Waals surface area contributed by atoms with Gasteiger partial charge in [0.15, 0.2) is 0 Å². The Labute approximate surface area is 142 Å². The molecule has 0 aromatic heterocycles. The minimum Gasteiger partial charge on any atom is -0.383 e. The van der Waals surface area contributed by atoms with Crippen LogP contribution in [0, 0.1) is 11.3 Å². The van der Waals surface area contributed by atoms with Gasteiger partial charge in [0.25, 0.3) is 0 Å². The normalized spacial score (nSPS) is 19.4. The molecule has 23 heavy (non-hydrogen) atoms. The molecule has 1 aliphatic rings. The first kappa shape index (κ1) is 18.2. The number of hydrogen-bond donors (Lipinski definition) is 1. The lowest BCUT2D eigenvalue weighted by molar-refractivity contribution is 0.126. The van der Waals surface area contributed by atoms with Crippen molar-refractivity contribution in [3.05, 3.63) is 28.8 Å². The van der Waals surface area contributed by atoms with Gasteiger partial charge in [0, 0.05) is 26.2 Å². The largest absolute Gasteiger partial charge is 0.383 e. The third kappa shape index (κ3) is 4.90. The first-order chi connectivity index (χ1) is 11.0. The lowest BCUT2D eigenvalue weighted by Crippen LogP contribution is -2.48. The number of ether oxygens (including phenoxy) is 1. The molecule has 1 heterocycles. The maximum absolute atomic E-state index is 12.5. The Hall–Kier alpha value is -1.17. The number of methoxy groups -OCH3 is 1. The average Bonchev–Trinajstić information content (AvgIpc) is 2.52. The molecule has 8 heteroatoms. The maximum atomic E-state index is 12.5. The van der Waals surface area contributed by atoms with E-state index in [0.717, 1.165) is 25.9 Å². The molecule has 1 N–H and O–H groups in total. The summed E-state index contributed by atoms with van der Waals surface area (Å²) in [5, 5.41) is 9.00. The van der Waals surface area contributed by atoms with Crippen LogP contribution in [-0.2, 0) is 14.8 Å². The zero-order valence-corrected chi connectivity index (χ0v) is 14.5. The smallest absolute Gasteiger partial charge is 0.240 e. The molecule has 0 radical (unpaired) electrons. The van der Waals surface area contributed by atoms with Crippen molar-refractivity contribution in [1.29, 1.82) is 5.26 Å². The number of rotatable bonds is 6. The molecular formula is C15H20ClN3O3S. The van der Waals surface area contributed by atoms with E-state index in [1.165, 1.54) is 18.2 Å². The second-order valence-electron chi connectivity index (χ2n) is 5.51. The van der Waals surface area contributed by atoms with Gasteiger partial charge in [-0.2, -0.15) is 5.26 Å². The summed E-state index contributed by atoms with van der Waals surface area (Å²) < 4.78 is 32.7. The molecule has 1 atom stereocenters. The van der Waals surface area contributed by atoms with Gasteiger partial charge in [-0.15, -0.1) is 0 Å². The monoisotopic (exact) mass is 357 g/mol. The third-order valence-electron chi connectivity index (χ3n) is 3.81. The lowest BCUT2D eigenvalue weighted by atomic mass is 10.1. The van der Waals surface area contributed by atoms with E-state index in [9.17, 15) is 8.42 Å². The molecule has 1 saturated heterocycles. The van der Waals surface area contributed by atoms with E-state index in [2.05, 4.69) is 9.62 Å². The van der Waals surface area contributed by atoms with E-state index in [1.807, 2.05) is 6.07 Å². The van der Waals surface area contributed by atoms with Crippen LogP contribution in [0.25, 0.3) is 0 Å². The number of halogens is 1. The van der Waals surface area contributed by atoms with Gasteiger partial charge in [0.2, 0.25) is 10.0 Å². The van der Waals surface area contributed by atoms with Crippen LogP contribution in [0.2, 0.25) is 5.02 Å². The maximum Gasteiger partial charge on any atom is 0.240 e. The van der Waals surface area contributed by atoms with Gasteiger partial charge in [-0.1, -0.05) is 11.6 Å². The van der Waals surface area contributed by atoms with E-state index in [1.54, 1.807) is 7.11 Å². The van der Waals surface area contributed by atoms with Gasteiger partial charge in [-0.3, -0.25) is 4.90 Å². The number of benzene rings is 1. The quantitative estimate of drug-likeness (QED) is 0.836. The highest BCUT2D eigenvalue weighted by Gasteiger charge is 2.25. The second kappa shape index (κ2) is 8.08. The molecule has 1 aliphatic heterocycles. The number of hydrogen-bond acceptors (Lipinski definition) is 5. The number of piperidine rings is 1. The number of sulfonamides is 1. The van der Waals surface area contributed by atoms with Crippen molar-refractivity contribution in [2.24, 2.45) is 0 Å². The van der Waals surface area contributed by atoms with E-state index >= 15 is 0 Å². The Kier molecular flexibility index (Phi) is 6.39. The predicted molar refractivity (Wildman–Crippen MR) is 87.8 cm³/mol. The Bertz CT molecular complexity index is 688. The Morgan fingerprint density at radius 1 is 1.52 bits per heavy atom. The fraction of sp³-hybridized carbons (Fsp3) is 0.533. The van der Waals surface area contributed by atoms with Crippen LogP contribution in [0.3, 0.4) is 0 Å². The van der Waals surface area contributed by atoms with Crippen LogP contribution in [0.15, 0.2) is 23.1 Å². The van der Waals surface area contributed by atoms with Crippen molar-refractivity contribution < 1.29 is 13.2 Å². The Morgan fingerprint density at radius 2 is 2.30 bits per heavy atom. The van der Waals surface area contributed by atoms with E-state index < -0.39 is 10.0 Å². The molecule has 0 spiro atoms. The standard InChI is InChI=1S/C15H20ClN3O3S/c1-22-8-7-19-6-2-3-13(11-19)18-23(20,21)14-5-4-12(10-17)15(16)9-14/h4-5,9,13,18H,2-3,6-8,11H2,1H3/t13-/m1/s1. The van der Waals surface area contributed by atoms with Crippen molar-refractivity contribution in [1.82, 2.24) is 9.62 Å². The summed E-state index contributed by atoms with van der Waals surface area (Å²) >= 11 is 5.92. The highest BCUT2D eigenvalue weighted by Crippen LogP contribution is 2.21. The fourth-order valence-corrected chi connectivity index (χ4v) is 4.19. The summed E-state index contributed by atoms with van der Waals surface area (Å²) in [6.45, 7) is 3.03. The SMILES string of the molecule is COCCN1CCC[C@@H](NS(=O)(=O)c2ccc(C#N)c(Cl)c2)C1. The van der Waals surface area contributed by atoms with Crippen LogP contribution in [-0.4, -0.2) is 52.7 Å². The number of likely N-dealkylation sites (tertiary alicyclic amines) is 1. The molecule has 2 rings (SSSR count). The predicted octanol–water partition coefficient (Wildman–Crippen LogP) is 1.60. The average molecular weight is 358 g/mol. The highest BCUT2D eigenvalue weighted by atomic mass is 35.5. The summed E-state index contributed by atoms with van der Waals surface area (Å²) in [7, 11) is -2.00. The highest BCUT2D eigenvalue weighted by molar-refractivity contribution is 7.89. The molecule has 126 valence electrons. The molecule has 0 bridgehead atoms.